The van der Waals surface area contributed by atoms with Gasteiger partial charge in [-0.05, 0) is 30.4 Å². The summed E-state index contributed by atoms with van der Waals surface area (Å²) in [5.41, 5.74) is 7.20. The SMILES string of the molecule is CN(Cc1ccccc1)C(=O)CC1(CN)CCCCC1.Cl. The molecule has 1 aromatic carbocycles. The van der Waals surface area contributed by atoms with Crippen molar-refractivity contribution in [2.24, 2.45) is 11.1 Å². The summed E-state index contributed by atoms with van der Waals surface area (Å²) in [7, 11) is 1.89. The van der Waals surface area contributed by atoms with E-state index in [1.165, 1.54) is 24.8 Å². The number of halogens is 1. The Kier molecular flexibility index (Phi) is 7.20. The van der Waals surface area contributed by atoms with Crippen LogP contribution in [0.5, 0.6) is 0 Å². The molecule has 21 heavy (non-hydrogen) atoms. The van der Waals surface area contributed by atoms with Crippen LogP contribution in [0.4, 0.5) is 0 Å². The second kappa shape index (κ2) is 8.40. The minimum atomic E-state index is 0. The van der Waals surface area contributed by atoms with Crippen molar-refractivity contribution in [3.05, 3.63) is 35.9 Å². The third-order valence-corrected chi connectivity index (χ3v) is 4.56. The second-order valence-electron chi connectivity index (χ2n) is 6.18. The van der Waals surface area contributed by atoms with Crippen molar-refractivity contribution >= 4 is 18.3 Å². The summed E-state index contributed by atoms with van der Waals surface area (Å²) in [5, 5.41) is 0. The molecule has 0 bridgehead atoms. The maximum Gasteiger partial charge on any atom is 0.223 e. The van der Waals surface area contributed by atoms with Gasteiger partial charge >= 0.3 is 0 Å². The first-order chi connectivity index (χ1) is 9.65. The fourth-order valence-electron chi connectivity index (χ4n) is 3.16. The van der Waals surface area contributed by atoms with Gasteiger partial charge in [0, 0.05) is 20.0 Å². The maximum atomic E-state index is 12.5. The molecular weight excluding hydrogens is 284 g/mol. The van der Waals surface area contributed by atoms with Crippen molar-refractivity contribution in [3.8, 4) is 0 Å². The summed E-state index contributed by atoms with van der Waals surface area (Å²) in [6.07, 6.45) is 6.53. The molecule has 2 N–H and O–H groups in total. The van der Waals surface area contributed by atoms with E-state index in [1.807, 2.05) is 30.1 Å². The molecule has 0 spiro atoms. The molecule has 1 aliphatic rings. The van der Waals surface area contributed by atoms with E-state index in [9.17, 15) is 4.79 Å². The van der Waals surface area contributed by atoms with Crippen LogP contribution in [0, 0.1) is 5.41 Å². The van der Waals surface area contributed by atoms with Crippen LogP contribution in [0.1, 0.15) is 44.1 Å². The van der Waals surface area contributed by atoms with Crippen LogP contribution in [0.3, 0.4) is 0 Å². The minimum Gasteiger partial charge on any atom is -0.341 e. The zero-order chi connectivity index (χ0) is 14.4. The smallest absolute Gasteiger partial charge is 0.223 e. The second-order valence-corrected chi connectivity index (χ2v) is 6.18. The quantitative estimate of drug-likeness (QED) is 0.906. The minimum absolute atomic E-state index is 0. The number of nitrogens with two attached hydrogens (primary N) is 1. The Morgan fingerprint density at radius 1 is 1.19 bits per heavy atom. The molecule has 3 nitrogen and oxygen atoms in total. The van der Waals surface area contributed by atoms with Crippen LogP contribution < -0.4 is 5.73 Å². The lowest BCUT2D eigenvalue weighted by Crippen LogP contribution is -2.39. The number of benzene rings is 1. The van der Waals surface area contributed by atoms with Crippen LogP contribution >= 0.6 is 12.4 Å². The number of carbonyl (C=O) groups excluding carboxylic acids is 1. The van der Waals surface area contributed by atoms with Crippen molar-refractivity contribution in [1.82, 2.24) is 4.90 Å². The Bertz CT molecular complexity index is 430. The van der Waals surface area contributed by atoms with Gasteiger partial charge in [0.1, 0.15) is 0 Å². The standard InChI is InChI=1S/C17H26N2O.ClH/c1-19(13-15-8-4-2-5-9-15)16(20)12-17(14-18)10-6-3-7-11-17;/h2,4-5,8-9H,3,6-7,10-14,18H2,1H3;1H. The molecule has 1 saturated carbocycles. The molecule has 0 radical (unpaired) electrons. The molecule has 2 rings (SSSR count). The van der Waals surface area contributed by atoms with Crippen LogP contribution in [0.25, 0.3) is 0 Å². The van der Waals surface area contributed by atoms with E-state index in [2.05, 4.69) is 12.1 Å². The fraction of sp³-hybridized carbons (Fsp3) is 0.588. The summed E-state index contributed by atoms with van der Waals surface area (Å²) in [5.74, 6) is 0.223. The highest BCUT2D eigenvalue weighted by Crippen LogP contribution is 2.38. The fourth-order valence-corrected chi connectivity index (χ4v) is 3.16. The molecule has 1 aromatic rings. The normalized spacial score (nSPS) is 16.9. The Hall–Kier alpha value is -1.06. The van der Waals surface area contributed by atoms with E-state index in [1.54, 1.807) is 0 Å². The van der Waals surface area contributed by atoms with Gasteiger partial charge in [-0.2, -0.15) is 0 Å². The highest BCUT2D eigenvalue weighted by Gasteiger charge is 2.33. The highest BCUT2D eigenvalue weighted by atomic mass is 35.5. The summed E-state index contributed by atoms with van der Waals surface area (Å²) < 4.78 is 0. The van der Waals surface area contributed by atoms with Crippen LogP contribution in [0.15, 0.2) is 30.3 Å². The van der Waals surface area contributed by atoms with E-state index in [0.717, 1.165) is 12.8 Å². The number of hydrogen-bond acceptors (Lipinski definition) is 2. The lowest BCUT2D eigenvalue weighted by atomic mass is 9.71. The number of amides is 1. The Morgan fingerprint density at radius 2 is 1.81 bits per heavy atom. The van der Waals surface area contributed by atoms with Gasteiger partial charge in [-0.3, -0.25) is 4.79 Å². The van der Waals surface area contributed by atoms with Gasteiger partial charge in [-0.1, -0.05) is 49.6 Å². The van der Waals surface area contributed by atoms with E-state index in [4.69, 9.17) is 5.73 Å². The van der Waals surface area contributed by atoms with Gasteiger partial charge < -0.3 is 10.6 Å². The predicted octanol–water partition coefficient (Wildman–Crippen LogP) is 3.37. The molecule has 1 fully saturated rings. The summed E-state index contributed by atoms with van der Waals surface area (Å²) in [6, 6.07) is 10.1. The molecule has 0 unspecified atom stereocenters. The van der Waals surface area contributed by atoms with Gasteiger partial charge in [0.15, 0.2) is 0 Å². The Morgan fingerprint density at radius 3 is 2.38 bits per heavy atom. The molecular formula is C17H27ClN2O. The van der Waals surface area contributed by atoms with E-state index in [-0.39, 0.29) is 23.7 Å². The topological polar surface area (TPSA) is 46.3 Å². The van der Waals surface area contributed by atoms with Crippen molar-refractivity contribution in [2.75, 3.05) is 13.6 Å². The Balaban J connectivity index is 0.00000220. The van der Waals surface area contributed by atoms with Crippen molar-refractivity contribution in [1.29, 1.82) is 0 Å². The lowest BCUT2D eigenvalue weighted by molar-refractivity contribution is -0.133. The summed E-state index contributed by atoms with van der Waals surface area (Å²) in [6.45, 7) is 1.32. The van der Waals surface area contributed by atoms with Gasteiger partial charge in [0.25, 0.3) is 0 Å². The predicted molar refractivity (Wildman–Crippen MR) is 89.4 cm³/mol. The van der Waals surface area contributed by atoms with E-state index >= 15 is 0 Å². The number of rotatable bonds is 5. The highest BCUT2D eigenvalue weighted by molar-refractivity contribution is 5.85. The van der Waals surface area contributed by atoms with Gasteiger partial charge in [0.2, 0.25) is 5.91 Å². The number of carbonyl (C=O) groups is 1. The summed E-state index contributed by atoms with van der Waals surface area (Å²) >= 11 is 0. The van der Waals surface area contributed by atoms with Crippen molar-refractivity contribution < 1.29 is 4.79 Å². The molecule has 0 atom stereocenters. The van der Waals surface area contributed by atoms with Crippen LogP contribution in [-0.4, -0.2) is 24.4 Å². The van der Waals surface area contributed by atoms with Crippen LogP contribution in [-0.2, 0) is 11.3 Å². The zero-order valence-electron chi connectivity index (χ0n) is 12.9. The van der Waals surface area contributed by atoms with Gasteiger partial charge in [-0.25, -0.2) is 0 Å². The molecule has 118 valence electrons. The molecule has 1 amide bonds. The molecule has 0 saturated heterocycles. The molecule has 0 aliphatic heterocycles. The monoisotopic (exact) mass is 310 g/mol. The third-order valence-electron chi connectivity index (χ3n) is 4.56. The average Bonchev–Trinajstić information content (AvgIpc) is 2.49. The average molecular weight is 311 g/mol. The zero-order valence-corrected chi connectivity index (χ0v) is 13.7. The first-order valence-electron chi connectivity index (χ1n) is 7.63. The van der Waals surface area contributed by atoms with Gasteiger partial charge in [0.05, 0.1) is 0 Å². The van der Waals surface area contributed by atoms with E-state index < -0.39 is 0 Å². The first kappa shape index (κ1) is 18.0. The molecule has 0 aromatic heterocycles. The largest absolute Gasteiger partial charge is 0.341 e. The molecule has 1 aliphatic carbocycles. The van der Waals surface area contributed by atoms with Crippen LogP contribution in [0.2, 0.25) is 0 Å². The number of hydrogen-bond donors (Lipinski definition) is 1. The van der Waals surface area contributed by atoms with Crippen molar-refractivity contribution in [2.45, 2.75) is 45.1 Å². The van der Waals surface area contributed by atoms with E-state index in [0.29, 0.717) is 19.5 Å². The Labute approximate surface area is 134 Å². The molecule has 0 heterocycles. The summed E-state index contributed by atoms with van der Waals surface area (Å²) in [4.78, 5) is 14.3. The first-order valence-corrected chi connectivity index (χ1v) is 7.63. The van der Waals surface area contributed by atoms with Crippen molar-refractivity contribution in [3.63, 3.8) is 0 Å². The maximum absolute atomic E-state index is 12.5. The molecule has 4 heteroatoms. The van der Waals surface area contributed by atoms with Gasteiger partial charge in [-0.15, -0.1) is 12.4 Å². The number of nitrogens with zero attached hydrogens (tertiary/aromatic N) is 1. The lowest BCUT2D eigenvalue weighted by Gasteiger charge is -2.36. The third kappa shape index (κ3) is 5.01.